The predicted octanol–water partition coefficient (Wildman–Crippen LogP) is 4.88. The lowest BCUT2D eigenvalue weighted by Gasteiger charge is -2.20. The highest BCUT2D eigenvalue weighted by molar-refractivity contribution is 7.16. The van der Waals surface area contributed by atoms with Gasteiger partial charge < -0.3 is 10.2 Å². The van der Waals surface area contributed by atoms with Crippen molar-refractivity contribution in [1.29, 1.82) is 0 Å². The van der Waals surface area contributed by atoms with Gasteiger partial charge in [0.2, 0.25) is 0 Å². The van der Waals surface area contributed by atoms with Crippen LogP contribution in [0.15, 0.2) is 36.4 Å². The number of anilines is 1. The summed E-state index contributed by atoms with van der Waals surface area (Å²) in [4.78, 5) is 3.38. The molecule has 0 spiro atoms. The monoisotopic (exact) mass is 308 g/mol. The zero-order chi connectivity index (χ0) is 14.7. The van der Waals surface area contributed by atoms with Crippen LogP contribution in [0.4, 0.5) is 5.69 Å². The lowest BCUT2D eigenvalue weighted by molar-refractivity contribution is 0.500. The number of benzene rings is 1. The average Bonchev–Trinajstić information content (AvgIpc) is 2.85. The van der Waals surface area contributed by atoms with Gasteiger partial charge in [-0.05, 0) is 43.7 Å². The van der Waals surface area contributed by atoms with Crippen LogP contribution in [-0.4, -0.2) is 14.1 Å². The molecule has 0 aliphatic heterocycles. The molecule has 0 radical (unpaired) electrons. The SMILES string of the molecule is CC(NC(C)c1ccc(Cl)s1)c1ccc(N(C)C)cc1. The number of thiophene rings is 1. The van der Waals surface area contributed by atoms with Crippen LogP contribution in [-0.2, 0) is 0 Å². The summed E-state index contributed by atoms with van der Waals surface area (Å²) in [5.41, 5.74) is 2.52. The van der Waals surface area contributed by atoms with Crippen molar-refractivity contribution in [3.63, 3.8) is 0 Å². The van der Waals surface area contributed by atoms with Crippen molar-refractivity contribution in [2.45, 2.75) is 25.9 Å². The van der Waals surface area contributed by atoms with E-state index in [2.05, 4.69) is 68.5 Å². The molecule has 2 aromatic rings. The molecule has 1 N–H and O–H groups in total. The smallest absolute Gasteiger partial charge is 0.0931 e. The van der Waals surface area contributed by atoms with Crippen molar-refractivity contribution in [3.05, 3.63) is 51.2 Å². The van der Waals surface area contributed by atoms with Gasteiger partial charge in [0, 0.05) is 36.7 Å². The molecule has 2 nitrogen and oxygen atoms in total. The molecule has 0 fully saturated rings. The second kappa shape index (κ2) is 6.61. The van der Waals surface area contributed by atoms with Crippen LogP contribution in [0, 0.1) is 0 Å². The quantitative estimate of drug-likeness (QED) is 0.847. The Labute approximate surface area is 130 Å². The number of nitrogens with zero attached hydrogens (tertiary/aromatic N) is 1. The van der Waals surface area contributed by atoms with Crippen LogP contribution in [0.25, 0.3) is 0 Å². The molecule has 2 unspecified atom stereocenters. The highest BCUT2D eigenvalue weighted by Gasteiger charge is 2.13. The van der Waals surface area contributed by atoms with E-state index in [9.17, 15) is 0 Å². The molecule has 1 aromatic heterocycles. The minimum absolute atomic E-state index is 0.302. The van der Waals surface area contributed by atoms with Crippen molar-refractivity contribution < 1.29 is 0 Å². The Hall–Kier alpha value is -1.03. The van der Waals surface area contributed by atoms with Crippen LogP contribution < -0.4 is 10.2 Å². The Morgan fingerprint density at radius 3 is 2.15 bits per heavy atom. The Kier molecular flexibility index (Phi) is 5.08. The second-order valence-electron chi connectivity index (χ2n) is 5.24. The van der Waals surface area contributed by atoms with E-state index in [1.54, 1.807) is 11.3 Å². The molecule has 1 heterocycles. The molecule has 2 atom stereocenters. The first-order chi connectivity index (χ1) is 9.47. The molecule has 0 bridgehead atoms. The fraction of sp³-hybridized carbons (Fsp3) is 0.375. The lowest BCUT2D eigenvalue weighted by atomic mass is 10.1. The first kappa shape index (κ1) is 15.4. The van der Waals surface area contributed by atoms with Crippen LogP contribution in [0.3, 0.4) is 0 Å². The van der Waals surface area contributed by atoms with Crippen molar-refractivity contribution in [1.82, 2.24) is 5.32 Å². The summed E-state index contributed by atoms with van der Waals surface area (Å²) in [5.74, 6) is 0. The summed E-state index contributed by atoms with van der Waals surface area (Å²) in [6, 6.07) is 13.3. The number of halogens is 1. The van der Waals surface area contributed by atoms with Gasteiger partial charge in [-0.25, -0.2) is 0 Å². The first-order valence-corrected chi connectivity index (χ1v) is 7.95. The highest BCUT2D eigenvalue weighted by Crippen LogP contribution is 2.28. The maximum atomic E-state index is 5.99. The molecule has 108 valence electrons. The largest absolute Gasteiger partial charge is 0.378 e. The zero-order valence-corrected chi connectivity index (χ0v) is 13.9. The third kappa shape index (κ3) is 3.75. The summed E-state index contributed by atoms with van der Waals surface area (Å²) in [7, 11) is 4.11. The maximum Gasteiger partial charge on any atom is 0.0931 e. The van der Waals surface area contributed by atoms with E-state index < -0.39 is 0 Å². The number of hydrogen-bond acceptors (Lipinski definition) is 3. The Morgan fingerprint density at radius 1 is 1.00 bits per heavy atom. The third-order valence-corrected chi connectivity index (χ3v) is 4.84. The molecule has 1 aromatic carbocycles. The molecule has 0 saturated carbocycles. The van der Waals surface area contributed by atoms with E-state index in [1.165, 1.54) is 16.1 Å². The van der Waals surface area contributed by atoms with E-state index in [-0.39, 0.29) is 0 Å². The summed E-state index contributed by atoms with van der Waals surface area (Å²) < 4.78 is 0.844. The van der Waals surface area contributed by atoms with Gasteiger partial charge in [0.05, 0.1) is 4.34 Å². The van der Waals surface area contributed by atoms with E-state index >= 15 is 0 Å². The van der Waals surface area contributed by atoms with Crippen molar-refractivity contribution in [2.75, 3.05) is 19.0 Å². The van der Waals surface area contributed by atoms with Crippen LogP contribution in [0.1, 0.15) is 36.4 Å². The van der Waals surface area contributed by atoms with Crippen molar-refractivity contribution in [2.24, 2.45) is 0 Å². The van der Waals surface area contributed by atoms with E-state index in [0.29, 0.717) is 12.1 Å². The van der Waals surface area contributed by atoms with Crippen LogP contribution >= 0.6 is 22.9 Å². The highest BCUT2D eigenvalue weighted by atomic mass is 35.5. The summed E-state index contributed by atoms with van der Waals surface area (Å²) in [6.07, 6.45) is 0. The fourth-order valence-corrected chi connectivity index (χ4v) is 3.25. The van der Waals surface area contributed by atoms with Gasteiger partial charge in [-0.3, -0.25) is 0 Å². The minimum atomic E-state index is 0.302. The summed E-state index contributed by atoms with van der Waals surface area (Å²) in [6.45, 7) is 4.36. The number of rotatable bonds is 5. The topological polar surface area (TPSA) is 15.3 Å². The Morgan fingerprint density at radius 2 is 1.65 bits per heavy atom. The standard InChI is InChI=1S/C16H21ClN2S/c1-11(13-5-7-14(8-6-13)19(3)4)18-12(2)15-9-10-16(17)20-15/h5-12,18H,1-4H3. The van der Waals surface area contributed by atoms with Gasteiger partial charge in [0.25, 0.3) is 0 Å². The molecule has 0 aliphatic rings. The molecule has 0 saturated heterocycles. The van der Waals surface area contributed by atoms with Gasteiger partial charge in [0.1, 0.15) is 0 Å². The van der Waals surface area contributed by atoms with Crippen molar-refractivity contribution >= 4 is 28.6 Å². The average molecular weight is 309 g/mol. The molecule has 20 heavy (non-hydrogen) atoms. The predicted molar refractivity (Wildman–Crippen MR) is 90.1 cm³/mol. The lowest BCUT2D eigenvalue weighted by Crippen LogP contribution is -2.21. The first-order valence-electron chi connectivity index (χ1n) is 6.76. The second-order valence-corrected chi connectivity index (χ2v) is 6.98. The zero-order valence-electron chi connectivity index (χ0n) is 12.4. The summed E-state index contributed by atoms with van der Waals surface area (Å²) in [5, 5.41) is 3.61. The van der Waals surface area contributed by atoms with Crippen LogP contribution in [0.5, 0.6) is 0 Å². The van der Waals surface area contributed by atoms with Crippen molar-refractivity contribution in [3.8, 4) is 0 Å². The Balaban J connectivity index is 2.02. The molecular weight excluding hydrogens is 288 g/mol. The van der Waals surface area contributed by atoms with Gasteiger partial charge in [-0.2, -0.15) is 0 Å². The fourth-order valence-electron chi connectivity index (χ4n) is 2.18. The summed E-state index contributed by atoms with van der Waals surface area (Å²) >= 11 is 7.63. The maximum absolute atomic E-state index is 5.99. The molecule has 0 aliphatic carbocycles. The van der Waals surface area contributed by atoms with Gasteiger partial charge in [0.15, 0.2) is 0 Å². The molecule has 2 rings (SSSR count). The Bertz CT molecular complexity index is 548. The molecule has 0 amide bonds. The number of nitrogens with one attached hydrogen (secondary N) is 1. The van der Waals surface area contributed by atoms with E-state index in [1.807, 2.05) is 6.07 Å². The minimum Gasteiger partial charge on any atom is -0.378 e. The van der Waals surface area contributed by atoms with Gasteiger partial charge >= 0.3 is 0 Å². The molecule has 4 heteroatoms. The number of hydrogen-bond donors (Lipinski definition) is 1. The normalized spacial score (nSPS) is 14.1. The van der Waals surface area contributed by atoms with E-state index in [0.717, 1.165) is 4.34 Å². The van der Waals surface area contributed by atoms with Crippen LogP contribution in [0.2, 0.25) is 4.34 Å². The third-order valence-electron chi connectivity index (χ3n) is 3.43. The van der Waals surface area contributed by atoms with Gasteiger partial charge in [-0.15, -0.1) is 11.3 Å². The van der Waals surface area contributed by atoms with Gasteiger partial charge in [-0.1, -0.05) is 23.7 Å². The van der Waals surface area contributed by atoms with E-state index in [4.69, 9.17) is 11.6 Å². The molecular formula is C16H21ClN2S.